The molecule has 0 atom stereocenters. The van der Waals surface area contributed by atoms with E-state index < -0.39 is 10.9 Å². The largest absolute Gasteiger partial charge is 0.481 e. The number of aliphatic carboxylic acids is 1. The Balaban J connectivity index is 3.33. The zero-order chi connectivity index (χ0) is 11.6. The van der Waals surface area contributed by atoms with Crippen LogP contribution in [0.3, 0.4) is 0 Å². The fraction of sp³-hybridized carbons (Fsp3) is 0.300. The Kier molecular flexibility index (Phi) is 3.04. The molecule has 15 heavy (non-hydrogen) atoms. The molecule has 0 aromatic heterocycles. The van der Waals surface area contributed by atoms with Crippen LogP contribution in [0.25, 0.3) is 0 Å². The molecule has 0 amide bonds. The number of carboxylic acids is 1. The van der Waals surface area contributed by atoms with E-state index in [1.165, 1.54) is 6.07 Å². The van der Waals surface area contributed by atoms with Gasteiger partial charge < -0.3 is 5.11 Å². The molecule has 1 rings (SSSR count). The van der Waals surface area contributed by atoms with E-state index in [9.17, 15) is 14.9 Å². The van der Waals surface area contributed by atoms with Crippen molar-refractivity contribution in [2.24, 2.45) is 0 Å². The summed E-state index contributed by atoms with van der Waals surface area (Å²) in [7, 11) is 0. The fourth-order valence-electron chi connectivity index (χ4n) is 1.52. The van der Waals surface area contributed by atoms with E-state index in [1.807, 2.05) is 0 Å². The predicted molar refractivity (Wildman–Crippen MR) is 53.9 cm³/mol. The van der Waals surface area contributed by atoms with Gasteiger partial charge in [-0.2, -0.15) is 0 Å². The van der Waals surface area contributed by atoms with Gasteiger partial charge in [0.15, 0.2) is 0 Å². The highest BCUT2D eigenvalue weighted by Gasteiger charge is 2.18. The fourth-order valence-corrected chi connectivity index (χ4v) is 1.52. The zero-order valence-electron chi connectivity index (χ0n) is 8.48. The highest BCUT2D eigenvalue weighted by atomic mass is 16.6. The lowest BCUT2D eigenvalue weighted by molar-refractivity contribution is -0.385. The van der Waals surface area contributed by atoms with Gasteiger partial charge in [-0.3, -0.25) is 14.9 Å². The first-order chi connectivity index (χ1) is 6.91. The van der Waals surface area contributed by atoms with Crippen molar-refractivity contribution >= 4 is 11.7 Å². The quantitative estimate of drug-likeness (QED) is 0.608. The molecule has 1 N–H and O–H groups in total. The number of aryl methyl sites for hydroxylation is 2. The van der Waals surface area contributed by atoms with Crippen LogP contribution in [0.2, 0.25) is 0 Å². The topological polar surface area (TPSA) is 80.4 Å². The monoisotopic (exact) mass is 209 g/mol. The van der Waals surface area contributed by atoms with Crippen LogP contribution in [0, 0.1) is 24.0 Å². The third-order valence-electron chi connectivity index (χ3n) is 2.12. The lowest BCUT2D eigenvalue weighted by atomic mass is 10.0. The third kappa shape index (κ3) is 2.52. The molecule has 0 saturated carbocycles. The van der Waals surface area contributed by atoms with Gasteiger partial charge >= 0.3 is 5.97 Å². The minimum Gasteiger partial charge on any atom is -0.481 e. The normalized spacial score (nSPS) is 10.0. The molecule has 0 bridgehead atoms. The van der Waals surface area contributed by atoms with Crippen LogP contribution < -0.4 is 0 Å². The van der Waals surface area contributed by atoms with E-state index in [0.29, 0.717) is 5.56 Å². The number of hydrogen-bond acceptors (Lipinski definition) is 3. The van der Waals surface area contributed by atoms with E-state index in [4.69, 9.17) is 5.11 Å². The molecule has 0 heterocycles. The van der Waals surface area contributed by atoms with Gasteiger partial charge in [0.2, 0.25) is 0 Å². The predicted octanol–water partition coefficient (Wildman–Crippen LogP) is 1.84. The zero-order valence-corrected chi connectivity index (χ0v) is 8.48. The van der Waals surface area contributed by atoms with Crippen molar-refractivity contribution in [3.63, 3.8) is 0 Å². The average Bonchev–Trinajstić information content (AvgIpc) is 2.08. The van der Waals surface area contributed by atoms with E-state index in [1.54, 1.807) is 19.9 Å². The van der Waals surface area contributed by atoms with Crippen molar-refractivity contribution in [1.82, 2.24) is 0 Å². The van der Waals surface area contributed by atoms with Crippen LogP contribution in [0.1, 0.15) is 16.7 Å². The molecule has 0 aliphatic rings. The summed E-state index contributed by atoms with van der Waals surface area (Å²) in [5.74, 6) is -1.06. The van der Waals surface area contributed by atoms with Gasteiger partial charge in [-0.25, -0.2) is 0 Å². The molecular weight excluding hydrogens is 198 g/mol. The van der Waals surface area contributed by atoms with Gasteiger partial charge in [-0.1, -0.05) is 6.07 Å². The highest BCUT2D eigenvalue weighted by molar-refractivity contribution is 5.73. The van der Waals surface area contributed by atoms with Crippen molar-refractivity contribution < 1.29 is 14.8 Å². The van der Waals surface area contributed by atoms with Crippen molar-refractivity contribution in [1.29, 1.82) is 0 Å². The first-order valence-electron chi connectivity index (χ1n) is 4.38. The highest BCUT2D eigenvalue weighted by Crippen LogP contribution is 2.24. The molecule has 80 valence electrons. The first-order valence-corrected chi connectivity index (χ1v) is 4.38. The molecule has 0 saturated heterocycles. The molecule has 0 radical (unpaired) electrons. The van der Waals surface area contributed by atoms with Crippen LogP contribution in [-0.4, -0.2) is 16.0 Å². The second kappa shape index (κ2) is 4.08. The van der Waals surface area contributed by atoms with Crippen molar-refractivity contribution in [3.8, 4) is 0 Å². The Bertz CT molecular complexity index is 426. The number of nitro groups is 1. The number of rotatable bonds is 3. The molecule has 0 unspecified atom stereocenters. The van der Waals surface area contributed by atoms with Crippen molar-refractivity contribution in [2.75, 3.05) is 0 Å². The van der Waals surface area contributed by atoms with Crippen LogP contribution in [0.15, 0.2) is 12.1 Å². The maximum absolute atomic E-state index is 10.7. The smallest absolute Gasteiger partial charge is 0.308 e. The van der Waals surface area contributed by atoms with Crippen LogP contribution >= 0.6 is 0 Å². The van der Waals surface area contributed by atoms with Gasteiger partial charge in [-0.05, 0) is 25.0 Å². The second-order valence-corrected chi connectivity index (χ2v) is 3.41. The molecular formula is C10H11NO4. The Morgan fingerprint density at radius 1 is 1.47 bits per heavy atom. The summed E-state index contributed by atoms with van der Waals surface area (Å²) >= 11 is 0. The number of hydrogen-bond donors (Lipinski definition) is 1. The summed E-state index contributed by atoms with van der Waals surface area (Å²) in [5.41, 5.74) is 1.56. The average molecular weight is 209 g/mol. The molecule has 5 nitrogen and oxygen atoms in total. The third-order valence-corrected chi connectivity index (χ3v) is 2.12. The van der Waals surface area contributed by atoms with Crippen molar-refractivity contribution in [3.05, 3.63) is 38.9 Å². The Morgan fingerprint density at radius 3 is 2.53 bits per heavy atom. The number of carboxylic acid groups (broad SMARTS) is 1. The van der Waals surface area contributed by atoms with Crippen molar-refractivity contribution in [2.45, 2.75) is 20.3 Å². The Morgan fingerprint density at radius 2 is 2.07 bits per heavy atom. The lowest BCUT2D eigenvalue weighted by Gasteiger charge is -2.05. The van der Waals surface area contributed by atoms with Crippen LogP contribution in [0.4, 0.5) is 5.69 Å². The van der Waals surface area contributed by atoms with Crippen LogP contribution in [0.5, 0.6) is 0 Å². The number of nitro benzene ring substituents is 1. The lowest BCUT2D eigenvalue weighted by Crippen LogP contribution is -2.06. The molecule has 5 heteroatoms. The van der Waals surface area contributed by atoms with Gasteiger partial charge in [-0.15, -0.1) is 0 Å². The molecule has 1 aromatic carbocycles. The van der Waals surface area contributed by atoms with Gasteiger partial charge in [0.25, 0.3) is 5.69 Å². The maximum atomic E-state index is 10.7. The summed E-state index contributed by atoms with van der Waals surface area (Å²) < 4.78 is 0. The number of nitrogens with zero attached hydrogens (tertiary/aromatic N) is 1. The van der Waals surface area contributed by atoms with Gasteiger partial charge in [0, 0.05) is 11.6 Å². The van der Waals surface area contributed by atoms with Gasteiger partial charge in [0.05, 0.1) is 11.3 Å². The Hall–Kier alpha value is -1.91. The molecule has 0 fully saturated rings. The van der Waals surface area contributed by atoms with E-state index in [0.717, 1.165) is 5.56 Å². The summed E-state index contributed by atoms with van der Waals surface area (Å²) in [5, 5.41) is 19.4. The first kappa shape index (κ1) is 11.2. The van der Waals surface area contributed by atoms with E-state index in [2.05, 4.69) is 0 Å². The summed E-state index contributed by atoms with van der Waals surface area (Å²) in [6, 6.07) is 3.14. The number of benzene rings is 1. The summed E-state index contributed by atoms with van der Waals surface area (Å²) in [6.45, 7) is 3.42. The van der Waals surface area contributed by atoms with Gasteiger partial charge in [0.1, 0.15) is 0 Å². The van der Waals surface area contributed by atoms with E-state index in [-0.39, 0.29) is 17.7 Å². The molecule has 1 aromatic rings. The molecule has 0 aliphatic heterocycles. The minimum atomic E-state index is -1.06. The standard InChI is InChI=1S/C10H11NO4/c1-6-3-7(2)8(5-10(12)13)9(4-6)11(14)15/h3-4H,5H2,1-2H3,(H,12,13). The second-order valence-electron chi connectivity index (χ2n) is 3.41. The molecule has 0 spiro atoms. The number of carbonyl (C=O) groups is 1. The molecule has 0 aliphatic carbocycles. The summed E-state index contributed by atoms with van der Waals surface area (Å²) in [6.07, 6.45) is -0.317. The Labute approximate surface area is 86.5 Å². The van der Waals surface area contributed by atoms with E-state index >= 15 is 0 Å². The SMILES string of the molecule is Cc1cc(C)c(CC(=O)O)c([N+](=O)[O-])c1. The minimum absolute atomic E-state index is 0.116. The summed E-state index contributed by atoms with van der Waals surface area (Å²) in [4.78, 5) is 20.7. The van der Waals surface area contributed by atoms with Crippen LogP contribution in [-0.2, 0) is 11.2 Å². The maximum Gasteiger partial charge on any atom is 0.308 e.